The lowest BCUT2D eigenvalue weighted by Gasteiger charge is -2.29. The molecule has 0 atom stereocenters. The summed E-state index contributed by atoms with van der Waals surface area (Å²) in [6.07, 6.45) is 1.18. The van der Waals surface area contributed by atoms with Crippen molar-refractivity contribution in [1.29, 1.82) is 0 Å². The molecule has 3 aromatic rings. The molecule has 0 spiro atoms. The van der Waals surface area contributed by atoms with Gasteiger partial charge in [0.05, 0.1) is 12.0 Å². The first-order chi connectivity index (χ1) is 15.4. The highest BCUT2D eigenvalue weighted by Gasteiger charge is 2.32. The number of nitrogens with zero attached hydrogens (tertiary/aromatic N) is 3. The Balaban J connectivity index is 1.40. The number of amides is 1. The summed E-state index contributed by atoms with van der Waals surface area (Å²) >= 11 is 0. The summed E-state index contributed by atoms with van der Waals surface area (Å²) < 4.78 is 38.5. The molecular weight excluding hydrogens is 432 g/mol. The first-order valence-corrected chi connectivity index (χ1v) is 11.7. The van der Waals surface area contributed by atoms with Gasteiger partial charge in [-0.2, -0.15) is 4.31 Å². The number of methoxy groups -OCH3 is 1. The average Bonchev–Trinajstić information content (AvgIpc) is 3.29. The number of sulfonamides is 1. The number of carbonyl (C=O) groups excluding carboxylic acids is 1. The minimum Gasteiger partial charge on any atom is -0.497 e. The van der Waals surface area contributed by atoms with Crippen LogP contribution in [0.3, 0.4) is 0 Å². The molecular formula is C22H24N4O5S. The van der Waals surface area contributed by atoms with E-state index in [1.807, 2.05) is 24.3 Å². The van der Waals surface area contributed by atoms with E-state index in [1.165, 1.54) is 23.4 Å². The van der Waals surface area contributed by atoms with E-state index < -0.39 is 10.0 Å². The Bertz CT molecular complexity index is 1180. The number of hydrogen-bond acceptors (Lipinski definition) is 7. The van der Waals surface area contributed by atoms with E-state index >= 15 is 0 Å². The van der Waals surface area contributed by atoms with Crippen molar-refractivity contribution in [2.45, 2.75) is 30.6 Å². The van der Waals surface area contributed by atoms with Crippen LogP contribution in [-0.2, 0) is 14.8 Å². The van der Waals surface area contributed by atoms with Gasteiger partial charge in [-0.3, -0.25) is 4.79 Å². The van der Waals surface area contributed by atoms with Gasteiger partial charge in [-0.1, -0.05) is 0 Å². The van der Waals surface area contributed by atoms with Crippen LogP contribution >= 0.6 is 0 Å². The fraction of sp³-hybridized carbons (Fsp3) is 0.318. The maximum atomic E-state index is 13.0. The van der Waals surface area contributed by atoms with Gasteiger partial charge < -0.3 is 14.5 Å². The van der Waals surface area contributed by atoms with Crippen LogP contribution in [0.25, 0.3) is 11.5 Å². The van der Waals surface area contributed by atoms with Crippen molar-refractivity contribution in [1.82, 2.24) is 14.5 Å². The molecule has 1 saturated heterocycles. The van der Waals surface area contributed by atoms with Crippen molar-refractivity contribution in [3.8, 4) is 17.2 Å². The fourth-order valence-corrected chi connectivity index (χ4v) is 5.13. The lowest BCUT2D eigenvalue weighted by Crippen LogP contribution is -2.37. The van der Waals surface area contributed by atoms with Crippen LogP contribution in [0.4, 0.5) is 5.69 Å². The Morgan fingerprint density at radius 1 is 1.06 bits per heavy atom. The number of anilines is 1. The predicted octanol–water partition coefficient (Wildman–Crippen LogP) is 3.27. The summed E-state index contributed by atoms with van der Waals surface area (Å²) in [6, 6.07) is 13.5. The molecule has 4 rings (SSSR count). The monoisotopic (exact) mass is 456 g/mol. The highest BCUT2D eigenvalue weighted by molar-refractivity contribution is 7.89. The van der Waals surface area contributed by atoms with Crippen LogP contribution in [0, 0.1) is 0 Å². The van der Waals surface area contributed by atoms with Gasteiger partial charge in [0.2, 0.25) is 27.7 Å². The van der Waals surface area contributed by atoms with Crippen molar-refractivity contribution in [3.63, 3.8) is 0 Å². The summed E-state index contributed by atoms with van der Waals surface area (Å²) in [5, 5.41) is 11.0. The third-order valence-electron chi connectivity index (χ3n) is 5.39. The highest BCUT2D eigenvalue weighted by Crippen LogP contribution is 2.32. The second-order valence-electron chi connectivity index (χ2n) is 7.56. The molecule has 0 bridgehead atoms. The molecule has 2 aromatic carbocycles. The van der Waals surface area contributed by atoms with Crippen molar-refractivity contribution in [2.75, 3.05) is 25.5 Å². The molecule has 0 unspecified atom stereocenters. The zero-order valence-electron chi connectivity index (χ0n) is 17.8. The minimum absolute atomic E-state index is 0.00286. The Morgan fingerprint density at radius 3 is 2.31 bits per heavy atom. The van der Waals surface area contributed by atoms with Gasteiger partial charge in [-0.25, -0.2) is 8.42 Å². The van der Waals surface area contributed by atoms with Gasteiger partial charge in [0.15, 0.2) is 0 Å². The molecule has 168 valence electrons. The second kappa shape index (κ2) is 9.09. The number of rotatable bonds is 6. The van der Waals surface area contributed by atoms with Gasteiger partial charge in [-0.05, 0) is 61.4 Å². The number of benzene rings is 2. The molecule has 9 nitrogen and oxygen atoms in total. The Kier molecular flexibility index (Phi) is 6.24. The van der Waals surface area contributed by atoms with Gasteiger partial charge in [0.25, 0.3) is 0 Å². The number of hydrogen-bond donors (Lipinski definition) is 1. The van der Waals surface area contributed by atoms with Crippen LogP contribution < -0.4 is 10.1 Å². The number of piperidine rings is 1. The molecule has 0 aliphatic carbocycles. The number of nitrogens with one attached hydrogen (secondary N) is 1. The summed E-state index contributed by atoms with van der Waals surface area (Å²) in [5.41, 5.74) is 1.35. The van der Waals surface area contributed by atoms with E-state index in [2.05, 4.69) is 15.5 Å². The Hall–Kier alpha value is -3.24. The maximum Gasteiger partial charge on any atom is 0.247 e. The van der Waals surface area contributed by atoms with Gasteiger partial charge in [0, 0.05) is 37.2 Å². The number of carbonyl (C=O) groups is 1. The fourth-order valence-electron chi connectivity index (χ4n) is 3.66. The first-order valence-electron chi connectivity index (χ1n) is 10.2. The first kappa shape index (κ1) is 22.0. The van der Waals surface area contributed by atoms with E-state index in [0.717, 1.165) is 11.3 Å². The van der Waals surface area contributed by atoms with Crippen LogP contribution in [0.1, 0.15) is 31.6 Å². The lowest BCUT2D eigenvalue weighted by molar-refractivity contribution is -0.114. The molecule has 10 heteroatoms. The number of aromatic nitrogens is 2. The normalized spacial score (nSPS) is 15.4. The summed E-state index contributed by atoms with van der Waals surface area (Å²) in [7, 11) is -2.01. The molecule has 1 amide bonds. The van der Waals surface area contributed by atoms with Crippen molar-refractivity contribution in [2.24, 2.45) is 0 Å². The predicted molar refractivity (Wildman–Crippen MR) is 118 cm³/mol. The van der Waals surface area contributed by atoms with Crippen molar-refractivity contribution in [3.05, 3.63) is 54.4 Å². The third kappa shape index (κ3) is 4.66. The number of ether oxygens (including phenoxy) is 1. The van der Waals surface area contributed by atoms with Gasteiger partial charge in [0.1, 0.15) is 5.75 Å². The van der Waals surface area contributed by atoms with Crippen molar-refractivity contribution < 1.29 is 22.4 Å². The molecule has 0 radical (unpaired) electrons. The van der Waals surface area contributed by atoms with Crippen LogP contribution in [0.5, 0.6) is 5.75 Å². The molecule has 1 fully saturated rings. The van der Waals surface area contributed by atoms with Gasteiger partial charge in [-0.15, -0.1) is 10.2 Å². The summed E-state index contributed by atoms with van der Waals surface area (Å²) in [6.45, 7) is 2.12. The molecule has 32 heavy (non-hydrogen) atoms. The van der Waals surface area contributed by atoms with Crippen molar-refractivity contribution >= 4 is 21.6 Å². The average molecular weight is 457 g/mol. The van der Waals surface area contributed by atoms with E-state index in [-0.39, 0.29) is 16.7 Å². The zero-order chi connectivity index (χ0) is 22.7. The van der Waals surface area contributed by atoms with E-state index in [0.29, 0.717) is 43.4 Å². The largest absolute Gasteiger partial charge is 0.497 e. The standard InChI is InChI=1S/C22H24N4O5S/c1-15(27)23-18-5-9-20(10-6-18)32(28,29)26-13-11-17(12-14-26)22-25-24-21(31-22)16-3-7-19(30-2)8-4-16/h3-10,17H,11-14H2,1-2H3,(H,23,27). The van der Waals surface area contributed by atoms with Crippen LogP contribution in [-0.4, -0.2) is 49.0 Å². The second-order valence-corrected chi connectivity index (χ2v) is 9.50. The summed E-state index contributed by atoms with van der Waals surface area (Å²) in [5.74, 6) is 1.48. The minimum atomic E-state index is -3.62. The quantitative estimate of drug-likeness (QED) is 0.605. The third-order valence-corrected chi connectivity index (χ3v) is 7.31. The SMILES string of the molecule is COc1ccc(-c2nnc(C3CCN(S(=O)(=O)c4ccc(NC(C)=O)cc4)CC3)o2)cc1. The molecule has 1 aliphatic heterocycles. The zero-order valence-corrected chi connectivity index (χ0v) is 18.6. The maximum absolute atomic E-state index is 13.0. The van der Waals surface area contributed by atoms with E-state index in [1.54, 1.807) is 19.2 Å². The Labute approximate surface area is 186 Å². The smallest absolute Gasteiger partial charge is 0.247 e. The molecule has 1 N–H and O–H groups in total. The van der Waals surface area contributed by atoms with Crippen LogP contribution in [0.15, 0.2) is 57.8 Å². The van der Waals surface area contributed by atoms with Gasteiger partial charge >= 0.3 is 0 Å². The molecule has 0 saturated carbocycles. The molecule has 2 heterocycles. The molecule has 1 aliphatic rings. The van der Waals surface area contributed by atoms with E-state index in [4.69, 9.17) is 9.15 Å². The van der Waals surface area contributed by atoms with Crippen LogP contribution in [0.2, 0.25) is 0 Å². The van der Waals surface area contributed by atoms with E-state index in [9.17, 15) is 13.2 Å². The Morgan fingerprint density at radius 2 is 1.72 bits per heavy atom. The highest BCUT2D eigenvalue weighted by atomic mass is 32.2. The lowest BCUT2D eigenvalue weighted by atomic mass is 9.98. The molecule has 1 aromatic heterocycles. The topological polar surface area (TPSA) is 115 Å². The summed E-state index contributed by atoms with van der Waals surface area (Å²) in [4.78, 5) is 11.3.